The van der Waals surface area contributed by atoms with E-state index in [9.17, 15) is 29.7 Å². The van der Waals surface area contributed by atoms with Gasteiger partial charge in [0.2, 0.25) is 0 Å². The number of hydrogen-bond donors (Lipinski definition) is 3. The second-order valence-corrected chi connectivity index (χ2v) is 18.4. The van der Waals surface area contributed by atoms with Crippen LogP contribution in [-0.2, 0) is 57.0 Å². The van der Waals surface area contributed by atoms with Crippen LogP contribution in [0.3, 0.4) is 0 Å². The molecule has 0 aliphatic carbocycles. The average Bonchev–Trinajstić information content (AvgIpc) is 3.16. The molecule has 356 valence electrons. The number of aldehydes is 1. The third-order valence-electron chi connectivity index (χ3n) is 12.7. The summed E-state index contributed by atoms with van der Waals surface area (Å²) in [5.41, 5.74) is -1.49. The van der Waals surface area contributed by atoms with Crippen molar-refractivity contribution in [2.75, 3.05) is 35.3 Å². The summed E-state index contributed by atoms with van der Waals surface area (Å²) in [6, 6.07) is -0.509. The number of allylic oxidation sites excluding steroid dienone is 2. The van der Waals surface area contributed by atoms with Gasteiger partial charge in [0.05, 0.1) is 48.6 Å². The van der Waals surface area contributed by atoms with Crippen LogP contribution in [0.5, 0.6) is 0 Å². The highest BCUT2D eigenvalue weighted by atomic mass is 16.7. The van der Waals surface area contributed by atoms with Gasteiger partial charge in [-0.2, -0.15) is 0 Å². The predicted molar refractivity (Wildman–Crippen MR) is 226 cm³/mol. The molecule has 0 aromatic heterocycles. The molecule has 0 aromatic rings. The largest absolute Gasteiger partial charge is 0.462 e. The fourth-order valence-electron chi connectivity index (χ4n) is 9.40. The van der Waals surface area contributed by atoms with E-state index in [1.807, 2.05) is 52.2 Å². The van der Waals surface area contributed by atoms with E-state index in [1.165, 1.54) is 21.0 Å². The van der Waals surface area contributed by atoms with Crippen LogP contribution in [-0.4, -0.2) is 182 Å². The zero-order valence-corrected chi connectivity index (χ0v) is 38.9. The lowest BCUT2D eigenvalue weighted by atomic mass is 9.82. The molecule has 17 heteroatoms. The molecule has 2 unspecified atom stereocenters. The van der Waals surface area contributed by atoms with Crippen molar-refractivity contribution in [1.29, 1.82) is 0 Å². The van der Waals surface area contributed by atoms with Gasteiger partial charge in [0.1, 0.15) is 42.9 Å². The zero-order valence-electron chi connectivity index (χ0n) is 38.9. The predicted octanol–water partition coefficient (Wildman–Crippen LogP) is 2.90. The molecular formula is C45H76N2O15. The molecule has 0 aromatic carbocycles. The monoisotopic (exact) mass is 885 g/mol. The first kappa shape index (κ1) is 52.2. The molecule has 4 aliphatic rings. The Hall–Kier alpha value is -2.39. The maximum Gasteiger partial charge on any atom is 0.309 e. The van der Waals surface area contributed by atoms with Crippen molar-refractivity contribution in [1.82, 2.24) is 9.80 Å². The van der Waals surface area contributed by atoms with Crippen molar-refractivity contribution in [3.05, 3.63) is 24.3 Å². The molecule has 0 saturated carbocycles. The van der Waals surface area contributed by atoms with E-state index < -0.39 is 109 Å². The second-order valence-electron chi connectivity index (χ2n) is 18.4. The molecule has 4 aliphatic heterocycles. The Morgan fingerprint density at radius 2 is 1.60 bits per heavy atom. The van der Waals surface area contributed by atoms with Gasteiger partial charge in [0, 0.05) is 39.3 Å². The minimum atomic E-state index is -1.49. The van der Waals surface area contributed by atoms with Crippen molar-refractivity contribution in [3.63, 3.8) is 0 Å². The molecule has 0 amide bonds. The van der Waals surface area contributed by atoms with Gasteiger partial charge >= 0.3 is 11.9 Å². The normalized spacial score (nSPS) is 43.0. The lowest BCUT2D eigenvalue weighted by Crippen LogP contribution is -2.65. The quantitative estimate of drug-likeness (QED) is 0.191. The molecule has 17 nitrogen and oxygen atoms in total. The Bertz CT molecular complexity index is 1480. The Kier molecular flexibility index (Phi) is 20.0. The number of methoxy groups -OCH3 is 1. The van der Waals surface area contributed by atoms with Crippen molar-refractivity contribution >= 4 is 18.2 Å². The van der Waals surface area contributed by atoms with Crippen molar-refractivity contribution in [3.8, 4) is 0 Å². The minimum absolute atomic E-state index is 0.0293. The van der Waals surface area contributed by atoms with E-state index in [4.69, 9.17) is 42.6 Å². The SMILES string of the molecule is COC1[C@@H](O[C@@H]2O[C@H](C)[C@@H](O[C@H]3C[C@@](C)(O)[C@@H](O)[C@H](C)O3)[C@H](N(C)C)[C@H]2O)C(CC=O)C[C@@H](C)[C@@H](O[C@H]2CC[C@H](N(C)C)[C@@H](C)O2)C=CC=CC[C@@H](C)OC(=O)C[C@H]1OC(C)=O. The summed E-state index contributed by atoms with van der Waals surface area (Å²) in [6.45, 7) is 12.0. The molecule has 4 heterocycles. The summed E-state index contributed by atoms with van der Waals surface area (Å²) in [7, 11) is 9.02. The van der Waals surface area contributed by atoms with Crippen LogP contribution in [0.15, 0.2) is 24.3 Å². The van der Waals surface area contributed by atoms with Gasteiger partial charge in [-0.1, -0.05) is 31.2 Å². The van der Waals surface area contributed by atoms with Gasteiger partial charge in [-0.25, -0.2) is 0 Å². The highest BCUT2D eigenvalue weighted by Gasteiger charge is 2.52. The zero-order chi connectivity index (χ0) is 46.1. The van der Waals surface area contributed by atoms with E-state index in [0.29, 0.717) is 19.3 Å². The molecule has 0 spiro atoms. The first-order valence-corrected chi connectivity index (χ1v) is 22.2. The number of esters is 2. The minimum Gasteiger partial charge on any atom is -0.462 e. The average molecular weight is 885 g/mol. The Morgan fingerprint density at radius 1 is 0.903 bits per heavy atom. The van der Waals surface area contributed by atoms with Crippen LogP contribution in [0.1, 0.15) is 93.4 Å². The summed E-state index contributed by atoms with van der Waals surface area (Å²) in [5.74, 6) is -2.21. The molecular weight excluding hydrogens is 808 g/mol. The van der Waals surface area contributed by atoms with Gasteiger partial charge in [0.25, 0.3) is 0 Å². The standard InChI is InChI=1S/C45H76N2O15/c1-25-22-31(20-21-48)41(62-44-39(51)38(47(10)11)40(28(4)58-44)61-37-24-45(7,53)43(52)29(5)57-37)42(54-12)34(59-30(6)49)23-35(50)55-26(2)16-14-13-15-17-33(25)60-36-19-18-32(46(8)9)27(3)56-36/h13-15,17,21,25-29,31-34,36-44,51-53H,16,18-20,22-24H2,1-12H3/t25-,26-,27-,28-,29+,31?,32+,33+,34-,36+,37+,38-,39-,40-,41+,42?,43+,44+,45-/m1/s1. The highest BCUT2D eigenvalue weighted by Crippen LogP contribution is 2.38. The van der Waals surface area contributed by atoms with Crippen LogP contribution < -0.4 is 0 Å². The lowest BCUT2D eigenvalue weighted by Gasteiger charge is -2.50. The number of aliphatic hydroxyl groups is 3. The number of nitrogens with zero attached hydrogens (tertiary/aromatic N) is 2. The van der Waals surface area contributed by atoms with E-state index >= 15 is 0 Å². The maximum absolute atomic E-state index is 13.4. The van der Waals surface area contributed by atoms with Gasteiger partial charge in [-0.3, -0.25) is 9.59 Å². The van der Waals surface area contributed by atoms with Crippen LogP contribution in [0.2, 0.25) is 0 Å². The maximum atomic E-state index is 13.4. The summed E-state index contributed by atoms with van der Waals surface area (Å²) in [6.07, 6.45) is -1.81. The molecule has 3 N–H and O–H groups in total. The molecule has 3 fully saturated rings. The van der Waals surface area contributed by atoms with Crippen LogP contribution in [0.25, 0.3) is 0 Å². The number of rotatable bonds is 12. The van der Waals surface area contributed by atoms with E-state index in [1.54, 1.807) is 39.8 Å². The molecule has 0 bridgehead atoms. The molecule has 62 heavy (non-hydrogen) atoms. The fourth-order valence-corrected chi connectivity index (χ4v) is 9.40. The lowest BCUT2D eigenvalue weighted by molar-refractivity contribution is -0.344. The third kappa shape index (κ3) is 14.1. The first-order valence-electron chi connectivity index (χ1n) is 22.2. The number of likely N-dealkylation sites (N-methyl/N-ethyl adjacent to an activating group) is 2. The number of carbonyl (C=O) groups is 3. The van der Waals surface area contributed by atoms with Gasteiger partial charge < -0.3 is 72.5 Å². The smallest absolute Gasteiger partial charge is 0.309 e. The molecule has 19 atom stereocenters. The van der Waals surface area contributed by atoms with Gasteiger partial charge in [-0.15, -0.1) is 0 Å². The number of carbonyl (C=O) groups excluding carboxylic acids is 3. The van der Waals surface area contributed by atoms with E-state index in [0.717, 1.165) is 12.7 Å². The van der Waals surface area contributed by atoms with Crippen molar-refractivity contribution in [2.24, 2.45) is 11.8 Å². The summed E-state index contributed by atoms with van der Waals surface area (Å²) < 4.78 is 56.3. The topological polar surface area (TPSA) is 201 Å². The molecule has 3 saturated heterocycles. The van der Waals surface area contributed by atoms with Crippen LogP contribution in [0, 0.1) is 11.8 Å². The van der Waals surface area contributed by atoms with E-state index in [2.05, 4.69) is 4.90 Å². The highest BCUT2D eigenvalue weighted by molar-refractivity contribution is 5.72. The summed E-state index contributed by atoms with van der Waals surface area (Å²) in [5, 5.41) is 33.6. The van der Waals surface area contributed by atoms with Crippen molar-refractivity contribution in [2.45, 2.75) is 197 Å². The van der Waals surface area contributed by atoms with Crippen molar-refractivity contribution < 1.29 is 72.3 Å². The third-order valence-corrected chi connectivity index (χ3v) is 12.7. The van der Waals surface area contributed by atoms with Gasteiger partial charge in [-0.05, 0) is 93.9 Å². The first-order chi connectivity index (χ1) is 29.2. The number of ether oxygens (including phenoxy) is 9. The molecule has 4 rings (SSSR count). The Labute approximate surface area is 368 Å². The summed E-state index contributed by atoms with van der Waals surface area (Å²) in [4.78, 5) is 42.7. The Balaban J connectivity index is 1.73. The Morgan fingerprint density at radius 3 is 2.19 bits per heavy atom. The fraction of sp³-hybridized carbons (Fsp3) is 0.844. The molecule has 0 radical (unpaired) electrons. The number of cyclic esters (lactones) is 1. The van der Waals surface area contributed by atoms with Crippen LogP contribution in [0.4, 0.5) is 0 Å². The number of aliphatic hydroxyl groups excluding tert-OH is 2. The van der Waals surface area contributed by atoms with Crippen LogP contribution >= 0.6 is 0 Å². The summed E-state index contributed by atoms with van der Waals surface area (Å²) >= 11 is 0. The second kappa shape index (κ2) is 23.7. The van der Waals surface area contributed by atoms with E-state index in [-0.39, 0.29) is 37.3 Å². The number of hydrogen-bond acceptors (Lipinski definition) is 17. The van der Waals surface area contributed by atoms with Gasteiger partial charge in [0.15, 0.2) is 18.9 Å².